The minimum atomic E-state index is -0.0427. The van der Waals surface area contributed by atoms with Gasteiger partial charge in [0.15, 0.2) is 0 Å². The van der Waals surface area contributed by atoms with Crippen LogP contribution in [0, 0.1) is 0 Å². The molecule has 0 heterocycles. The number of amides is 1. The molecule has 0 saturated heterocycles. The number of hydrogen-bond donors (Lipinski definition) is 0. The lowest BCUT2D eigenvalue weighted by Gasteiger charge is -2.17. The van der Waals surface area contributed by atoms with Crippen LogP contribution in [0.1, 0.15) is 15.9 Å². The summed E-state index contributed by atoms with van der Waals surface area (Å²) in [6.45, 7) is 0.535. The van der Waals surface area contributed by atoms with Crippen molar-refractivity contribution in [3.05, 3.63) is 64.7 Å². The zero-order chi connectivity index (χ0) is 14.5. The average Bonchev–Trinajstić information content (AvgIpc) is 2.48. The van der Waals surface area contributed by atoms with Crippen molar-refractivity contribution in [2.24, 2.45) is 0 Å². The van der Waals surface area contributed by atoms with E-state index in [1.807, 2.05) is 36.4 Å². The van der Waals surface area contributed by atoms with Crippen molar-refractivity contribution in [1.82, 2.24) is 4.90 Å². The molecule has 1 amide bonds. The van der Waals surface area contributed by atoms with Crippen LogP contribution in [0.25, 0.3) is 0 Å². The highest BCUT2D eigenvalue weighted by atomic mass is 35.5. The van der Waals surface area contributed by atoms with Crippen molar-refractivity contribution in [1.29, 1.82) is 0 Å². The summed E-state index contributed by atoms with van der Waals surface area (Å²) in [7, 11) is 3.36. The third kappa shape index (κ3) is 3.52. The highest BCUT2D eigenvalue weighted by Gasteiger charge is 2.12. The van der Waals surface area contributed by atoms with E-state index in [1.54, 1.807) is 31.2 Å². The monoisotopic (exact) mass is 289 g/mol. The first-order valence-corrected chi connectivity index (χ1v) is 6.62. The minimum Gasteiger partial charge on any atom is -0.497 e. The number of halogens is 1. The van der Waals surface area contributed by atoms with E-state index < -0.39 is 0 Å². The highest BCUT2D eigenvalue weighted by molar-refractivity contribution is 6.30. The van der Waals surface area contributed by atoms with Gasteiger partial charge in [-0.25, -0.2) is 0 Å². The molecule has 2 aromatic carbocycles. The Kier molecular flexibility index (Phi) is 4.64. The molecule has 4 heteroatoms. The summed E-state index contributed by atoms with van der Waals surface area (Å²) < 4.78 is 5.13. The normalized spacial score (nSPS) is 10.2. The number of ether oxygens (including phenoxy) is 1. The van der Waals surface area contributed by atoms with E-state index in [9.17, 15) is 4.79 Å². The van der Waals surface area contributed by atoms with Crippen molar-refractivity contribution >= 4 is 17.5 Å². The van der Waals surface area contributed by atoms with Crippen LogP contribution >= 0.6 is 11.6 Å². The Morgan fingerprint density at radius 2 is 1.90 bits per heavy atom. The maximum absolute atomic E-state index is 12.3. The van der Waals surface area contributed by atoms with E-state index in [1.165, 1.54) is 0 Å². The summed E-state index contributed by atoms with van der Waals surface area (Å²) in [5.74, 6) is 0.634. The zero-order valence-electron chi connectivity index (χ0n) is 11.5. The van der Waals surface area contributed by atoms with Crippen LogP contribution in [-0.2, 0) is 6.54 Å². The van der Waals surface area contributed by atoms with Gasteiger partial charge in [0.1, 0.15) is 5.75 Å². The second-order valence-electron chi connectivity index (χ2n) is 4.52. The molecule has 0 radical (unpaired) electrons. The lowest BCUT2D eigenvalue weighted by molar-refractivity contribution is 0.0784. The second kappa shape index (κ2) is 6.44. The molecule has 0 atom stereocenters. The fourth-order valence-electron chi connectivity index (χ4n) is 1.91. The lowest BCUT2D eigenvalue weighted by atomic mass is 10.1. The maximum Gasteiger partial charge on any atom is 0.254 e. The molecule has 3 nitrogen and oxygen atoms in total. The van der Waals surface area contributed by atoms with Gasteiger partial charge in [-0.15, -0.1) is 0 Å². The van der Waals surface area contributed by atoms with Gasteiger partial charge in [-0.2, -0.15) is 0 Å². The molecule has 0 fully saturated rings. The van der Waals surface area contributed by atoms with Crippen LogP contribution in [0.3, 0.4) is 0 Å². The molecule has 0 saturated carbocycles. The summed E-state index contributed by atoms with van der Waals surface area (Å²) in [5.41, 5.74) is 1.65. The lowest BCUT2D eigenvalue weighted by Crippen LogP contribution is -2.26. The molecular weight excluding hydrogens is 274 g/mol. The molecule has 0 unspecified atom stereocenters. The first kappa shape index (κ1) is 14.4. The molecule has 0 bridgehead atoms. The molecule has 2 aromatic rings. The Morgan fingerprint density at radius 3 is 2.55 bits per heavy atom. The van der Waals surface area contributed by atoms with Gasteiger partial charge in [0.25, 0.3) is 5.91 Å². The highest BCUT2D eigenvalue weighted by Crippen LogP contribution is 2.16. The molecule has 0 N–H and O–H groups in total. The van der Waals surface area contributed by atoms with Gasteiger partial charge < -0.3 is 9.64 Å². The smallest absolute Gasteiger partial charge is 0.254 e. The Hall–Kier alpha value is -2.00. The summed E-state index contributed by atoms with van der Waals surface area (Å²) >= 11 is 5.85. The van der Waals surface area contributed by atoms with Gasteiger partial charge in [-0.3, -0.25) is 4.79 Å². The average molecular weight is 290 g/mol. The van der Waals surface area contributed by atoms with Crippen molar-refractivity contribution < 1.29 is 9.53 Å². The number of rotatable bonds is 4. The summed E-state index contributed by atoms with van der Waals surface area (Å²) in [4.78, 5) is 14.0. The summed E-state index contributed by atoms with van der Waals surface area (Å²) in [6, 6.07) is 14.6. The SMILES string of the molecule is COc1cccc(C(=O)N(C)Cc2ccc(Cl)cc2)c1. The Bertz CT molecular complexity index is 596. The third-order valence-corrected chi connectivity index (χ3v) is 3.25. The van der Waals surface area contributed by atoms with E-state index in [0.29, 0.717) is 22.9 Å². The van der Waals surface area contributed by atoms with E-state index in [4.69, 9.17) is 16.3 Å². The van der Waals surface area contributed by atoms with Gasteiger partial charge in [0.2, 0.25) is 0 Å². The summed E-state index contributed by atoms with van der Waals surface area (Å²) in [6.07, 6.45) is 0. The molecule has 0 aliphatic heterocycles. The van der Waals surface area contributed by atoms with Crippen LogP contribution < -0.4 is 4.74 Å². The van der Waals surface area contributed by atoms with Crippen molar-refractivity contribution in [2.45, 2.75) is 6.54 Å². The van der Waals surface area contributed by atoms with E-state index >= 15 is 0 Å². The quantitative estimate of drug-likeness (QED) is 0.860. The Balaban J connectivity index is 2.09. The minimum absolute atomic E-state index is 0.0427. The van der Waals surface area contributed by atoms with E-state index in [2.05, 4.69) is 0 Å². The standard InChI is InChI=1S/C16H16ClNO2/c1-18(11-12-6-8-14(17)9-7-12)16(19)13-4-3-5-15(10-13)20-2/h3-10H,11H2,1-2H3. The first-order chi connectivity index (χ1) is 9.60. The number of methoxy groups -OCH3 is 1. The molecule has 20 heavy (non-hydrogen) atoms. The molecule has 0 aliphatic carbocycles. The van der Waals surface area contributed by atoms with Crippen LogP contribution in [0.15, 0.2) is 48.5 Å². The Morgan fingerprint density at radius 1 is 1.20 bits per heavy atom. The Labute approximate surface area is 123 Å². The van der Waals surface area contributed by atoms with Gasteiger partial charge in [0, 0.05) is 24.2 Å². The number of hydrogen-bond acceptors (Lipinski definition) is 2. The number of carbonyl (C=O) groups is 1. The van der Waals surface area contributed by atoms with Gasteiger partial charge in [0.05, 0.1) is 7.11 Å². The molecule has 104 valence electrons. The number of carbonyl (C=O) groups excluding carboxylic acids is 1. The largest absolute Gasteiger partial charge is 0.497 e. The summed E-state index contributed by atoms with van der Waals surface area (Å²) in [5, 5.41) is 0.690. The second-order valence-corrected chi connectivity index (χ2v) is 4.96. The van der Waals surface area contributed by atoms with Gasteiger partial charge >= 0.3 is 0 Å². The molecule has 0 aromatic heterocycles. The van der Waals surface area contributed by atoms with Crippen molar-refractivity contribution in [3.63, 3.8) is 0 Å². The predicted octanol–water partition coefficient (Wildman–Crippen LogP) is 3.62. The third-order valence-electron chi connectivity index (χ3n) is 3.00. The zero-order valence-corrected chi connectivity index (χ0v) is 12.2. The molecule has 2 rings (SSSR count). The predicted molar refractivity (Wildman–Crippen MR) is 80.2 cm³/mol. The van der Waals surface area contributed by atoms with Crippen LogP contribution in [-0.4, -0.2) is 25.0 Å². The van der Waals surface area contributed by atoms with E-state index in [-0.39, 0.29) is 5.91 Å². The first-order valence-electron chi connectivity index (χ1n) is 6.24. The van der Waals surface area contributed by atoms with Crippen LogP contribution in [0.4, 0.5) is 0 Å². The van der Waals surface area contributed by atoms with Gasteiger partial charge in [-0.1, -0.05) is 29.8 Å². The maximum atomic E-state index is 12.3. The van der Waals surface area contributed by atoms with Crippen LogP contribution in [0.5, 0.6) is 5.75 Å². The topological polar surface area (TPSA) is 29.5 Å². The van der Waals surface area contributed by atoms with E-state index in [0.717, 1.165) is 5.56 Å². The number of benzene rings is 2. The molecule has 0 spiro atoms. The molecular formula is C16H16ClNO2. The van der Waals surface area contributed by atoms with Gasteiger partial charge in [-0.05, 0) is 35.9 Å². The fourth-order valence-corrected chi connectivity index (χ4v) is 2.04. The van der Waals surface area contributed by atoms with Crippen molar-refractivity contribution in [2.75, 3.05) is 14.2 Å². The van der Waals surface area contributed by atoms with Crippen molar-refractivity contribution in [3.8, 4) is 5.75 Å². The van der Waals surface area contributed by atoms with Crippen LogP contribution in [0.2, 0.25) is 5.02 Å². The fraction of sp³-hybridized carbons (Fsp3) is 0.188. The number of nitrogens with zero attached hydrogens (tertiary/aromatic N) is 1. The molecule has 0 aliphatic rings.